The molecule has 1 aliphatic carbocycles. The fourth-order valence-corrected chi connectivity index (χ4v) is 4.75. The summed E-state index contributed by atoms with van der Waals surface area (Å²) >= 11 is 5.36. The Kier molecular flexibility index (Phi) is 5.03. The lowest BCUT2D eigenvalue weighted by atomic mass is 9.78. The molecule has 3 aliphatic rings. The maximum atomic E-state index is 12.9. The molecule has 0 unspecified atom stereocenters. The molecule has 2 atom stereocenters. The van der Waals surface area contributed by atoms with Gasteiger partial charge in [-0.2, -0.15) is 0 Å². The molecule has 0 radical (unpaired) electrons. The highest BCUT2D eigenvalue weighted by atomic mass is 32.1. The summed E-state index contributed by atoms with van der Waals surface area (Å²) in [5.74, 6) is 1.60. The van der Waals surface area contributed by atoms with Crippen LogP contribution in [0.1, 0.15) is 57.8 Å². The summed E-state index contributed by atoms with van der Waals surface area (Å²) in [7, 11) is 1.81. The van der Waals surface area contributed by atoms with Crippen LogP contribution in [0.15, 0.2) is 0 Å². The lowest BCUT2D eigenvalue weighted by molar-refractivity contribution is -0.131. The Morgan fingerprint density at radius 3 is 2.59 bits per heavy atom. The van der Waals surface area contributed by atoms with Crippen molar-refractivity contribution in [3.05, 3.63) is 0 Å². The Hall–Kier alpha value is -0.680. The smallest absolute Gasteiger partial charge is 0.254 e. The van der Waals surface area contributed by atoms with Crippen molar-refractivity contribution < 1.29 is 4.79 Å². The number of hydrogen-bond acceptors (Lipinski definition) is 3. The van der Waals surface area contributed by atoms with Crippen LogP contribution in [0.5, 0.6) is 0 Å². The second-order valence-electron chi connectivity index (χ2n) is 7.48. The molecule has 22 heavy (non-hydrogen) atoms. The van der Waals surface area contributed by atoms with E-state index in [1.807, 2.05) is 7.05 Å². The second kappa shape index (κ2) is 6.83. The molecule has 2 aliphatic heterocycles. The van der Waals surface area contributed by atoms with Crippen molar-refractivity contribution in [2.24, 2.45) is 11.8 Å². The van der Waals surface area contributed by atoms with Crippen molar-refractivity contribution in [2.45, 2.75) is 63.3 Å². The fraction of sp³-hybridized carbons (Fsp3) is 0.882. The van der Waals surface area contributed by atoms with Gasteiger partial charge in [0.2, 0.25) is 0 Å². The second-order valence-corrected chi connectivity index (χ2v) is 7.87. The number of nitrogens with one attached hydrogen (secondary N) is 2. The van der Waals surface area contributed by atoms with Crippen LogP contribution in [-0.4, -0.2) is 41.6 Å². The molecule has 124 valence electrons. The Morgan fingerprint density at radius 1 is 1.23 bits per heavy atom. The number of amides is 1. The van der Waals surface area contributed by atoms with Crippen molar-refractivity contribution in [1.82, 2.24) is 15.5 Å². The average Bonchev–Trinajstić information content (AvgIpc) is 3.11. The van der Waals surface area contributed by atoms with Crippen LogP contribution in [0.4, 0.5) is 0 Å². The molecule has 4 nitrogen and oxygen atoms in total. The number of likely N-dealkylation sites (N-methyl/N-ethyl adjacent to an activating group) is 1. The van der Waals surface area contributed by atoms with E-state index < -0.39 is 5.54 Å². The van der Waals surface area contributed by atoms with E-state index in [2.05, 4.69) is 10.6 Å². The van der Waals surface area contributed by atoms with Gasteiger partial charge in [-0.1, -0.05) is 32.1 Å². The molecule has 2 heterocycles. The van der Waals surface area contributed by atoms with Crippen LogP contribution in [0.2, 0.25) is 0 Å². The van der Waals surface area contributed by atoms with Crippen LogP contribution < -0.4 is 10.6 Å². The average molecular weight is 324 g/mol. The third kappa shape index (κ3) is 3.30. The molecule has 1 saturated carbocycles. The quantitative estimate of drug-likeness (QED) is 0.763. The minimum absolute atomic E-state index is 0.195. The SMILES string of the molecule is CN1C(=O)[C@](CCC2CCCCC2)(C[C@H]2CCNC2)NC1=S. The largest absolute Gasteiger partial charge is 0.348 e. The van der Waals surface area contributed by atoms with Crippen molar-refractivity contribution in [1.29, 1.82) is 0 Å². The summed E-state index contributed by atoms with van der Waals surface area (Å²) in [5, 5.41) is 7.44. The van der Waals surface area contributed by atoms with Gasteiger partial charge in [0.1, 0.15) is 5.54 Å². The first kappa shape index (κ1) is 16.2. The van der Waals surface area contributed by atoms with Gasteiger partial charge in [-0.25, -0.2) is 0 Å². The number of rotatable bonds is 5. The van der Waals surface area contributed by atoms with E-state index in [1.165, 1.54) is 38.5 Å². The van der Waals surface area contributed by atoms with Gasteiger partial charge in [-0.15, -0.1) is 0 Å². The summed E-state index contributed by atoms with van der Waals surface area (Å²) in [6, 6.07) is 0. The maximum Gasteiger partial charge on any atom is 0.254 e. The van der Waals surface area contributed by atoms with Crippen molar-refractivity contribution >= 4 is 23.2 Å². The molecule has 3 rings (SSSR count). The minimum Gasteiger partial charge on any atom is -0.348 e. The fourth-order valence-electron chi connectivity index (χ4n) is 4.47. The van der Waals surface area contributed by atoms with Crippen molar-refractivity contribution in [3.63, 3.8) is 0 Å². The van der Waals surface area contributed by atoms with Crippen LogP contribution in [0, 0.1) is 11.8 Å². The van der Waals surface area contributed by atoms with Gasteiger partial charge in [0.15, 0.2) is 5.11 Å². The van der Waals surface area contributed by atoms with Crippen LogP contribution in [-0.2, 0) is 4.79 Å². The molecule has 0 bridgehead atoms. The highest BCUT2D eigenvalue weighted by molar-refractivity contribution is 7.80. The Labute approximate surface area is 139 Å². The normalized spacial score (nSPS) is 33.5. The van der Waals surface area contributed by atoms with E-state index in [1.54, 1.807) is 4.90 Å². The molecule has 0 spiro atoms. The number of thiocarbonyl (C=S) groups is 1. The van der Waals surface area contributed by atoms with Gasteiger partial charge in [-0.3, -0.25) is 9.69 Å². The van der Waals surface area contributed by atoms with E-state index in [4.69, 9.17) is 12.2 Å². The summed E-state index contributed by atoms with van der Waals surface area (Å²) in [6.07, 6.45) is 11.0. The molecule has 3 fully saturated rings. The van der Waals surface area contributed by atoms with E-state index in [-0.39, 0.29) is 5.91 Å². The monoisotopic (exact) mass is 323 g/mol. The Bertz CT molecular complexity index is 430. The Morgan fingerprint density at radius 2 is 2.00 bits per heavy atom. The summed E-state index contributed by atoms with van der Waals surface area (Å²) in [5.41, 5.74) is -0.431. The number of hydrogen-bond donors (Lipinski definition) is 2. The predicted molar refractivity (Wildman–Crippen MR) is 92.6 cm³/mol. The van der Waals surface area contributed by atoms with E-state index in [0.29, 0.717) is 11.0 Å². The van der Waals surface area contributed by atoms with E-state index >= 15 is 0 Å². The van der Waals surface area contributed by atoms with Crippen molar-refractivity contribution in [2.75, 3.05) is 20.1 Å². The van der Waals surface area contributed by atoms with Crippen LogP contribution in [0.25, 0.3) is 0 Å². The van der Waals surface area contributed by atoms with Gasteiger partial charge in [0.25, 0.3) is 5.91 Å². The zero-order chi connectivity index (χ0) is 15.6. The lowest BCUT2D eigenvalue weighted by Gasteiger charge is -2.32. The molecule has 5 heteroatoms. The third-order valence-electron chi connectivity index (χ3n) is 5.87. The van der Waals surface area contributed by atoms with E-state index in [0.717, 1.165) is 38.3 Å². The standard InChI is InChI=1S/C17H29N3OS/c1-20-15(21)17(19-16(20)22,11-14-8-10-18-12-14)9-7-13-5-3-2-4-6-13/h13-14,18H,2-12H2,1H3,(H,19,22)/t14-,17+/m1/s1. The summed E-state index contributed by atoms with van der Waals surface area (Å²) < 4.78 is 0. The van der Waals surface area contributed by atoms with Crippen LogP contribution >= 0.6 is 12.2 Å². The van der Waals surface area contributed by atoms with Crippen molar-refractivity contribution in [3.8, 4) is 0 Å². The Balaban J connectivity index is 1.68. The number of carbonyl (C=O) groups excluding carboxylic acids is 1. The van der Waals surface area contributed by atoms with Gasteiger partial charge < -0.3 is 10.6 Å². The summed E-state index contributed by atoms with van der Waals surface area (Å²) in [6.45, 7) is 2.12. The topological polar surface area (TPSA) is 44.4 Å². The molecule has 0 aromatic rings. The first-order chi connectivity index (χ1) is 10.6. The lowest BCUT2D eigenvalue weighted by Crippen LogP contribution is -2.49. The number of nitrogens with zero attached hydrogens (tertiary/aromatic N) is 1. The van der Waals surface area contributed by atoms with Gasteiger partial charge in [0.05, 0.1) is 0 Å². The molecular formula is C17H29N3OS. The van der Waals surface area contributed by atoms with Crippen LogP contribution in [0.3, 0.4) is 0 Å². The van der Waals surface area contributed by atoms with Gasteiger partial charge in [0, 0.05) is 7.05 Å². The van der Waals surface area contributed by atoms with Gasteiger partial charge >= 0.3 is 0 Å². The van der Waals surface area contributed by atoms with Gasteiger partial charge in [-0.05, 0) is 62.8 Å². The molecule has 0 aromatic heterocycles. The molecule has 0 aromatic carbocycles. The molecular weight excluding hydrogens is 294 g/mol. The zero-order valence-electron chi connectivity index (χ0n) is 13.7. The summed E-state index contributed by atoms with van der Waals surface area (Å²) in [4.78, 5) is 14.5. The highest BCUT2D eigenvalue weighted by Crippen LogP contribution is 2.35. The molecule has 2 N–H and O–H groups in total. The third-order valence-corrected chi connectivity index (χ3v) is 6.24. The highest BCUT2D eigenvalue weighted by Gasteiger charge is 2.49. The minimum atomic E-state index is -0.431. The zero-order valence-corrected chi connectivity index (χ0v) is 14.5. The maximum absolute atomic E-state index is 12.9. The first-order valence-corrected chi connectivity index (χ1v) is 9.32. The molecule has 2 saturated heterocycles. The molecule has 1 amide bonds. The number of carbonyl (C=O) groups is 1. The van der Waals surface area contributed by atoms with E-state index in [9.17, 15) is 4.79 Å². The first-order valence-electron chi connectivity index (χ1n) is 8.92. The predicted octanol–water partition coefficient (Wildman–Crippen LogP) is 2.43.